The van der Waals surface area contributed by atoms with E-state index in [0.717, 1.165) is 22.8 Å². The van der Waals surface area contributed by atoms with Gasteiger partial charge >= 0.3 is 0 Å². The molecule has 0 fully saturated rings. The second-order valence-corrected chi connectivity index (χ2v) is 5.05. The van der Waals surface area contributed by atoms with Gasteiger partial charge < -0.3 is 4.74 Å². The number of fused-ring (bicyclic) bond motifs is 1. The Morgan fingerprint density at radius 3 is 2.88 bits per heavy atom. The summed E-state index contributed by atoms with van der Waals surface area (Å²) in [5, 5.41) is 2.89. The topological polar surface area (TPSA) is 26.3 Å². The highest BCUT2D eigenvalue weighted by Gasteiger charge is 2.19. The summed E-state index contributed by atoms with van der Waals surface area (Å²) >= 11 is 1.58. The normalized spacial score (nSPS) is 14.5. The summed E-state index contributed by atoms with van der Waals surface area (Å²) < 4.78 is 5.86. The minimum absolute atomic E-state index is 0.325. The van der Waals surface area contributed by atoms with Crippen LogP contribution in [0, 0.1) is 0 Å². The highest BCUT2D eigenvalue weighted by molar-refractivity contribution is 7.11. The van der Waals surface area contributed by atoms with Crippen LogP contribution in [-0.2, 0) is 17.6 Å². The van der Waals surface area contributed by atoms with Crippen molar-refractivity contribution in [2.75, 3.05) is 0 Å². The fraction of sp³-hybridized carbons (Fsp3) is 0.214. The number of Topliss-reactive ketones (excluding diaryl/α,β-unsaturated/α-hetero) is 1. The molecule has 0 saturated carbocycles. The van der Waals surface area contributed by atoms with Crippen LogP contribution in [0.3, 0.4) is 0 Å². The number of hydrogen-bond donors (Lipinski definition) is 0. The maximum Gasteiger partial charge on any atom is 0.180 e. The Labute approximate surface area is 104 Å². The van der Waals surface area contributed by atoms with Gasteiger partial charge in [0.1, 0.15) is 11.5 Å². The maximum absolute atomic E-state index is 11.4. The molecule has 0 amide bonds. The van der Waals surface area contributed by atoms with E-state index in [1.165, 1.54) is 5.56 Å². The monoisotopic (exact) mass is 244 g/mol. The van der Waals surface area contributed by atoms with Crippen molar-refractivity contribution in [3.63, 3.8) is 0 Å². The van der Waals surface area contributed by atoms with Gasteiger partial charge in [-0.3, -0.25) is 4.79 Å². The third kappa shape index (κ3) is 2.11. The lowest BCUT2D eigenvalue weighted by molar-refractivity contribution is -0.118. The van der Waals surface area contributed by atoms with Crippen molar-refractivity contribution in [2.24, 2.45) is 0 Å². The van der Waals surface area contributed by atoms with E-state index >= 15 is 0 Å². The Morgan fingerprint density at radius 2 is 2.06 bits per heavy atom. The number of rotatable bonds is 2. The molecule has 0 aliphatic heterocycles. The number of thiophene rings is 1. The first-order valence-electron chi connectivity index (χ1n) is 5.67. The Morgan fingerprint density at radius 1 is 1.12 bits per heavy atom. The van der Waals surface area contributed by atoms with E-state index in [1.54, 1.807) is 11.3 Å². The van der Waals surface area contributed by atoms with E-state index < -0.39 is 0 Å². The molecular formula is C14H12O2S. The molecule has 0 saturated heterocycles. The van der Waals surface area contributed by atoms with Gasteiger partial charge in [0.25, 0.3) is 0 Å². The summed E-state index contributed by atoms with van der Waals surface area (Å²) in [4.78, 5) is 11.4. The number of benzene rings is 1. The van der Waals surface area contributed by atoms with Crippen molar-refractivity contribution in [3.05, 3.63) is 46.8 Å². The quantitative estimate of drug-likeness (QED) is 0.806. The first-order valence-corrected chi connectivity index (χ1v) is 6.55. The van der Waals surface area contributed by atoms with Gasteiger partial charge in [0.05, 0.1) is 0 Å². The zero-order valence-electron chi connectivity index (χ0n) is 9.31. The predicted molar refractivity (Wildman–Crippen MR) is 67.9 cm³/mol. The average Bonchev–Trinajstić information content (AvgIpc) is 2.82. The van der Waals surface area contributed by atoms with Gasteiger partial charge in [-0.1, -0.05) is 12.1 Å². The Hall–Kier alpha value is -1.61. The molecule has 1 heterocycles. The third-order valence-electron chi connectivity index (χ3n) is 2.98. The summed E-state index contributed by atoms with van der Waals surface area (Å²) in [5.41, 5.74) is 2.32. The van der Waals surface area contributed by atoms with Crippen molar-refractivity contribution in [1.29, 1.82) is 0 Å². The van der Waals surface area contributed by atoms with Gasteiger partial charge in [0, 0.05) is 12.8 Å². The molecule has 3 rings (SSSR count). The summed E-state index contributed by atoms with van der Waals surface area (Å²) in [6.07, 6.45) is 1.99. The van der Waals surface area contributed by atoms with Gasteiger partial charge in [-0.05, 0) is 41.1 Å². The van der Waals surface area contributed by atoms with Crippen LogP contribution in [0.4, 0.5) is 0 Å². The van der Waals surface area contributed by atoms with Crippen molar-refractivity contribution in [3.8, 4) is 10.8 Å². The molecular weight excluding hydrogens is 232 g/mol. The van der Waals surface area contributed by atoms with Crippen LogP contribution in [0.25, 0.3) is 0 Å². The van der Waals surface area contributed by atoms with E-state index in [2.05, 4.69) is 0 Å². The predicted octanol–water partition coefficient (Wildman–Crippen LogP) is 3.60. The molecule has 17 heavy (non-hydrogen) atoms. The van der Waals surface area contributed by atoms with E-state index in [9.17, 15) is 4.79 Å². The number of hydrogen-bond acceptors (Lipinski definition) is 3. The Bertz CT molecular complexity index is 543. The Kier molecular flexibility index (Phi) is 2.69. The molecule has 86 valence electrons. The maximum atomic E-state index is 11.4. The van der Waals surface area contributed by atoms with Crippen molar-refractivity contribution >= 4 is 17.1 Å². The standard InChI is InChI=1S/C14H12O2S/c15-11-6-7-12-10(9-11)3-1-4-13(12)16-14-5-2-8-17-14/h1-5,8H,6-7,9H2. The minimum Gasteiger partial charge on any atom is -0.446 e. The van der Waals surface area contributed by atoms with E-state index in [0.29, 0.717) is 18.6 Å². The molecule has 1 aromatic carbocycles. The SMILES string of the molecule is O=C1CCc2c(cccc2Oc2cccs2)C1. The van der Waals surface area contributed by atoms with Gasteiger partial charge in [-0.15, -0.1) is 11.3 Å². The molecule has 0 N–H and O–H groups in total. The van der Waals surface area contributed by atoms with E-state index in [1.807, 2.05) is 35.7 Å². The highest BCUT2D eigenvalue weighted by atomic mass is 32.1. The summed E-state index contributed by atoms with van der Waals surface area (Å²) in [5.74, 6) is 1.23. The average molecular weight is 244 g/mol. The summed E-state index contributed by atoms with van der Waals surface area (Å²) in [6, 6.07) is 9.89. The molecule has 3 heteroatoms. The van der Waals surface area contributed by atoms with Crippen LogP contribution in [0.2, 0.25) is 0 Å². The van der Waals surface area contributed by atoms with E-state index in [-0.39, 0.29) is 0 Å². The molecule has 2 aromatic rings. The van der Waals surface area contributed by atoms with Crippen LogP contribution in [0.1, 0.15) is 17.5 Å². The van der Waals surface area contributed by atoms with Crippen molar-refractivity contribution < 1.29 is 9.53 Å². The molecule has 0 unspecified atom stereocenters. The van der Waals surface area contributed by atoms with Gasteiger partial charge in [0.2, 0.25) is 0 Å². The smallest absolute Gasteiger partial charge is 0.180 e. The Balaban J connectivity index is 1.95. The number of ether oxygens (including phenoxy) is 1. The number of carbonyl (C=O) groups is 1. The first-order chi connectivity index (χ1) is 8.33. The largest absolute Gasteiger partial charge is 0.446 e. The third-order valence-corrected chi connectivity index (χ3v) is 3.72. The van der Waals surface area contributed by atoms with Crippen LogP contribution in [0.15, 0.2) is 35.7 Å². The van der Waals surface area contributed by atoms with Crippen molar-refractivity contribution in [2.45, 2.75) is 19.3 Å². The molecule has 1 aromatic heterocycles. The molecule has 0 spiro atoms. The summed E-state index contributed by atoms with van der Waals surface area (Å²) in [6.45, 7) is 0. The second kappa shape index (κ2) is 4.34. The van der Waals surface area contributed by atoms with Crippen LogP contribution < -0.4 is 4.74 Å². The number of carbonyl (C=O) groups excluding carboxylic acids is 1. The summed E-state index contributed by atoms with van der Waals surface area (Å²) in [7, 11) is 0. The van der Waals surface area contributed by atoms with Crippen LogP contribution in [0.5, 0.6) is 10.8 Å². The molecule has 0 atom stereocenters. The van der Waals surface area contributed by atoms with Crippen LogP contribution in [-0.4, -0.2) is 5.78 Å². The first kappa shape index (κ1) is 10.5. The lowest BCUT2D eigenvalue weighted by atomic mass is 9.90. The lowest BCUT2D eigenvalue weighted by Gasteiger charge is -2.18. The van der Waals surface area contributed by atoms with E-state index in [4.69, 9.17) is 4.74 Å². The second-order valence-electron chi connectivity index (χ2n) is 4.14. The minimum atomic E-state index is 0.325. The molecule has 0 bridgehead atoms. The van der Waals surface area contributed by atoms with Crippen molar-refractivity contribution in [1.82, 2.24) is 0 Å². The van der Waals surface area contributed by atoms with Gasteiger partial charge in [0.15, 0.2) is 5.06 Å². The van der Waals surface area contributed by atoms with Crippen LogP contribution >= 0.6 is 11.3 Å². The fourth-order valence-corrected chi connectivity index (χ4v) is 2.74. The zero-order valence-corrected chi connectivity index (χ0v) is 10.1. The molecule has 2 nitrogen and oxygen atoms in total. The van der Waals surface area contributed by atoms with Gasteiger partial charge in [-0.25, -0.2) is 0 Å². The highest BCUT2D eigenvalue weighted by Crippen LogP contribution is 2.33. The fourth-order valence-electron chi connectivity index (χ4n) is 2.15. The molecule has 1 aliphatic carbocycles. The number of ketones is 1. The lowest BCUT2D eigenvalue weighted by Crippen LogP contribution is -2.13. The van der Waals surface area contributed by atoms with Gasteiger partial charge in [-0.2, -0.15) is 0 Å². The molecule has 1 aliphatic rings. The molecule has 0 radical (unpaired) electrons. The zero-order chi connectivity index (χ0) is 11.7.